The minimum atomic E-state index is -0.657. The number of hydrogen-bond donors (Lipinski definition) is 2. The molecular weight excluding hydrogens is 430 g/mol. The van der Waals surface area contributed by atoms with Gasteiger partial charge in [0.05, 0.1) is 7.11 Å². The Morgan fingerprint density at radius 3 is 2.41 bits per heavy atom. The largest absolute Gasteiger partial charge is 0.497 e. The van der Waals surface area contributed by atoms with E-state index in [1.54, 1.807) is 42.3 Å². The summed E-state index contributed by atoms with van der Waals surface area (Å²) in [5.41, 5.74) is 2.01. The van der Waals surface area contributed by atoms with Crippen LogP contribution in [0.15, 0.2) is 48.5 Å². The Balaban J connectivity index is 1.71. The average Bonchev–Trinajstić information content (AvgIpc) is 2.87. The number of aryl methyl sites for hydroxylation is 1. The van der Waals surface area contributed by atoms with E-state index in [9.17, 15) is 14.4 Å². The molecule has 2 aromatic carbocycles. The number of amides is 3. The Kier molecular flexibility index (Phi) is 8.68. The summed E-state index contributed by atoms with van der Waals surface area (Å²) in [7, 11) is 1.57. The van der Waals surface area contributed by atoms with E-state index in [1.807, 2.05) is 39.0 Å². The van der Waals surface area contributed by atoms with Crippen molar-refractivity contribution in [2.45, 2.75) is 52.1 Å². The number of methoxy groups -OCH3 is 1. The van der Waals surface area contributed by atoms with Crippen molar-refractivity contribution >= 4 is 17.7 Å². The fourth-order valence-electron chi connectivity index (χ4n) is 4.25. The van der Waals surface area contributed by atoms with E-state index in [2.05, 4.69) is 10.6 Å². The van der Waals surface area contributed by atoms with Gasteiger partial charge in [0, 0.05) is 30.3 Å². The molecule has 0 aromatic heterocycles. The van der Waals surface area contributed by atoms with Crippen LogP contribution in [0, 0.1) is 12.8 Å². The topological polar surface area (TPSA) is 87.7 Å². The SMILES string of the molecule is CC[C@H](C)NC(=O)[C@H](NC(=O)c1ccccc1C)C1CCN(C(=O)c2cccc(OC)c2)CC1. The first-order valence-corrected chi connectivity index (χ1v) is 11.9. The number of piperidine rings is 1. The fraction of sp³-hybridized carbons (Fsp3) is 0.444. The Morgan fingerprint density at radius 1 is 1.06 bits per heavy atom. The standard InChI is InChI=1S/C27H35N3O4/c1-5-19(3)28-26(32)24(29-25(31)23-12-7-6-9-18(23)2)20-13-15-30(16-14-20)27(33)21-10-8-11-22(17-21)34-4/h6-12,17,19-20,24H,5,13-16H2,1-4H3,(H,28,32)(H,29,31)/t19-,24+/m0/s1. The van der Waals surface area contributed by atoms with E-state index < -0.39 is 6.04 Å². The lowest BCUT2D eigenvalue weighted by Gasteiger charge is -2.36. The number of ether oxygens (including phenoxy) is 1. The lowest BCUT2D eigenvalue weighted by Crippen LogP contribution is -2.55. The predicted octanol–water partition coefficient (Wildman–Crippen LogP) is 3.57. The number of hydrogen-bond acceptors (Lipinski definition) is 4. The molecule has 2 aromatic rings. The molecule has 7 nitrogen and oxygen atoms in total. The van der Waals surface area contributed by atoms with Gasteiger partial charge >= 0.3 is 0 Å². The third-order valence-corrected chi connectivity index (χ3v) is 6.57. The van der Waals surface area contributed by atoms with Gasteiger partial charge < -0.3 is 20.3 Å². The third kappa shape index (κ3) is 6.16. The number of benzene rings is 2. The van der Waals surface area contributed by atoms with E-state index in [1.165, 1.54) is 0 Å². The second-order valence-electron chi connectivity index (χ2n) is 8.95. The van der Waals surface area contributed by atoms with Gasteiger partial charge in [-0.25, -0.2) is 0 Å². The normalized spacial score (nSPS) is 15.8. The molecule has 1 aliphatic heterocycles. The minimum Gasteiger partial charge on any atom is -0.497 e. The Bertz CT molecular complexity index is 1010. The van der Waals surface area contributed by atoms with Crippen LogP contribution in [0.3, 0.4) is 0 Å². The first-order chi connectivity index (χ1) is 16.3. The van der Waals surface area contributed by atoms with Crippen molar-refractivity contribution in [2.75, 3.05) is 20.2 Å². The van der Waals surface area contributed by atoms with Crippen molar-refractivity contribution in [1.82, 2.24) is 15.5 Å². The van der Waals surface area contributed by atoms with Crippen LogP contribution in [-0.2, 0) is 4.79 Å². The number of carbonyl (C=O) groups is 3. The number of nitrogens with zero attached hydrogens (tertiary/aromatic N) is 1. The molecule has 1 saturated heterocycles. The van der Waals surface area contributed by atoms with Crippen LogP contribution >= 0.6 is 0 Å². The maximum Gasteiger partial charge on any atom is 0.253 e. The molecule has 1 fully saturated rings. The minimum absolute atomic E-state index is 0.0140. The highest BCUT2D eigenvalue weighted by atomic mass is 16.5. The summed E-state index contributed by atoms with van der Waals surface area (Å²) >= 11 is 0. The maximum absolute atomic E-state index is 13.2. The third-order valence-electron chi connectivity index (χ3n) is 6.57. The molecule has 0 unspecified atom stereocenters. The zero-order valence-corrected chi connectivity index (χ0v) is 20.5. The van der Waals surface area contributed by atoms with Crippen LogP contribution in [0.4, 0.5) is 0 Å². The first-order valence-electron chi connectivity index (χ1n) is 11.9. The number of carbonyl (C=O) groups excluding carboxylic acids is 3. The molecule has 2 atom stereocenters. The number of rotatable bonds is 8. The van der Waals surface area contributed by atoms with Gasteiger partial charge in [0.2, 0.25) is 5.91 Å². The molecule has 1 heterocycles. The summed E-state index contributed by atoms with van der Waals surface area (Å²) in [6.07, 6.45) is 2.06. The summed E-state index contributed by atoms with van der Waals surface area (Å²) in [4.78, 5) is 41.0. The van der Waals surface area contributed by atoms with Gasteiger partial charge in [0.25, 0.3) is 11.8 Å². The molecule has 0 spiro atoms. The zero-order chi connectivity index (χ0) is 24.7. The van der Waals surface area contributed by atoms with Crippen molar-refractivity contribution in [3.8, 4) is 5.75 Å². The van der Waals surface area contributed by atoms with Gasteiger partial charge in [-0.2, -0.15) is 0 Å². The van der Waals surface area contributed by atoms with Crippen LogP contribution in [0.1, 0.15) is 59.4 Å². The molecule has 0 saturated carbocycles. The van der Waals surface area contributed by atoms with Gasteiger partial charge in [-0.1, -0.05) is 31.2 Å². The zero-order valence-electron chi connectivity index (χ0n) is 20.5. The molecule has 2 N–H and O–H groups in total. The summed E-state index contributed by atoms with van der Waals surface area (Å²) in [6.45, 7) is 6.88. The molecule has 182 valence electrons. The monoisotopic (exact) mass is 465 g/mol. The van der Waals surface area contributed by atoms with Gasteiger partial charge in [0.1, 0.15) is 11.8 Å². The van der Waals surface area contributed by atoms with E-state index in [0.717, 1.165) is 12.0 Å². The summed E-state index contributed by atoms with van der Waals surface area (Å²) in [6, 6.07) is 13.8. The maximum atomic E-state index is 13.2. The molecule has 0 bridgehead atoms. The van der Waals surface area contributed by atoms with Gasteiger partial charge in [-0.15, -0.1) is 0 Å². The van der Waals surface area contributed by atoms with E-state index in [-0.39, 0.29) is 29.7 Å². The van der Waals surface area contributed by atoms with Crippen molar-refractivity contribution in [1.29, 1.82) is 0 Å². The lowest BCUT2D eigenvalue weighted by atomic mass is 9.88. The highest BCUT2D eigenvalue weighted by Gasteiger charge is 2.34. The summed E-state index contributed by atoms with van der Waals surface area (Å²) in [5.74, 6) is 0.0980. The van der Waals surface area contributed by atoms with Gasteiger partial charge in [-0.3, -0.25) is 14.4 Å². The highest BCUT2D eigenvalue weighted by Crippen LogP contribution is 2.24. The second-order valence-corrected chi connectivity index (χ2v) is 8.95. The molecule has 7 heteroatoms. The van der Waals surface area contributed by atoms with Crippen molar-refractivity contribution in [3.63, 3.8) is 0 Å². The van der Waals surface area contributed by atoms with Gasteiger partial charge in [-0.05, 0) is 68.9 Å². The van der Waals surface area contributed by atoms with E-state index in [4.69, 9.17) is 4.74 Å². The Hall–Kier alpha value is -3.35. The smallest absolute Gasteiger partial charge is 0.253 e. The van der Waals surface area contributed by atoms with Crippen molar-refractivity contribution in [2.24, 2.45) is 5.92 Å². The molecule has 34 heavy (non-hydrogen) atoms. The molecular formula is C27H35N3O4. The van der Waals surface area contributed by atoms with Crippen LogP contribution < -0.4 is 15.4 Å². The second kappa shape index (κ2) is 11.7. The number of nitrogens with one attached hydrogen (secondary N) is 2. The van der Waals surface area contributed by atoms with Crippen LogP contribution in [0.25, 0.3) is 0 Å². The molecule has 0 aliphatic carbocycles. The Labute approximate surface area is 201 Å². The average molecular weight is 466 g/mol. The molecule has 0 radical (unpaired) electrons. The molecule has 3 rings (SSSR count). The van der Waals surface area contributed by atoms with Gasteiger partial charge in [0.15, 0.2) is 0 Å². The fourth-order valence-corrected chi connectivity index (χ4v) is 4.25. The number of likely N-dealkylation sites (tertiary alicyclic amines) is 1. The lowest BCUT2D eigenvalue weighted by molar-refractivity contribution is -0.125. The van der Waals surface area contributed by atoms with E-state index in [0.29, 0.717) is 42.8 Å². The highest BCUT2D eigenvalue weighted by molar-refractivity contribution is 5.99. The predicted molar refractivity (Wildman–Crippen MR) is 132 cm³/mol. The van der Waals surface area contributed by atoms with Crippen LogP contribution in [0.2, 0.25) is 0 Å². The van der Waals surface area contributed by atoms with Crippen molar-refractivity contribution in [3.05, 3.63) is 65.2 Å². The molecule has 1 aliphatic rings. The first kappa shape index (κ1) is 25.3. The summed E-state index contributed by atoms with van der Waals surface area (Å²) < 4.78 is 5.23. The molecule has 3 amide bonds. The Morgan fingerprint density at radius 2 is 1.76 bits per heavy atom. The van der Waals surface area contributed by atoms with Crippen molar-refractivity contribution < 1.29 is 19.1 Å². The van der Waals surface area contributed by atoms with E-state index >= 15 is 0 Å². The summed E-state index contributed by atoms with van der Waals surface area (Å²) in [5, 5.41) is 6.02. The quantitative estimate of drug-likeness (QED) is 0.624. The van der Waals surface area contributed by atoms with Crippen LogP contribution in [-0.4, -0.2) is 54.9 Å². The van der Waals surface area contributed by atoms with Crippen LogP contribution in [0.5, 0.6) is 5.75 Å².